The predicted octanol–water partition coefficient (Wildman–Crippen LogP) is 4.75. The maximum Gasteiger partial charge on any atom is 0.343 e. The van der Waals surface area contributed by atoms with Gasteiger partial charge in [0.15, 0.2) is 11.6 Å². The number of anilines is 2. The second-order valence-corrected chi connectivity index (χ2v) is 8.09. The van der Waals surface area contributed by atoms with Gasteiger partial charge in [-0.3, -0.25) is 9.59 Å². The molecule has 0 amide bonds. The fourth-order valence-corrected chi connectivity index (χ4v) is 3.34. The first kappa shape index (κ1) is 24.9. The van der Waals surface area contributed by atoms with Crippen LogP contribution in [0.3, 0.4) is 0 Å². The summed E-state index contributed by atoms with van der Waals surface area (Å²) in [7, 11) is 0. The molecule has 4 N–H and O–H groups in total. The largest absolute Gasteiger partial charge is 0.423 e. The van der Waals surface area contributed by atoms with Crippen molar-refractivity contribution in [2.24, 2.45) is 0 Å². The van der Waals surface area contributed by atoms with Gasteiger partial charge in [0.05, 0.1) is 17.5 Å². The van der Waals surface area contributed by atoms with E-state index in [0.717, 1.165) is 0 Å². The van der Waals surface area contributed by atoms with Gasteiger partial charge in [-0.1, -0.05) is 0 Å². The summed E-state index contributed by atoms with van der Waals surface area (Å²) in [4.78, 5) is 49.6. The first-order chi connectivity index (χ1) is 17.8. The fraction of sp³-hybridized carbons (Fsp3) is 0.0345. The van der Waals surface area contributed by atoms with E-state index in [-0.39, 0.29) is 29.5 Å². The van der Waals surface area contributed by atoms with E-state index in [2.05, 4.69) is 0 Å². The van der Waals surface area contributed by atoms with Crippen molar-refractivity contribution in [2.45, 2.75) is 6.42 Å². The molecule has 0 heterocycles. The topological polar surface area (TPSA) is 139 Å². The van der Waals surface area contributed by atoms with Gasteiger partial charge in [0.2, 0.25) is 0 Å². The number of carbonyl (C=O) groups excluding carboxylic acids is 4. The van der Waals surface area contributed by atoms with Crippen molar-refractivity contribution in [1.29, 1.82) is 0 Å². The van der Waals surface area contributed by atoms with E-state index in [0.29, 0.717) is 33.6 Å². The molecule has 0 atom stereocenters. The minimum atomic E-state index is -0.558. The summed E-state index contributed by atoms with van der Waals surface area (Å²) in [6, 6.07) is 24.5. The Morgan fingerprint density at radius 1 is 0.459 bits per heavy atom. The lowest BCUT2D eigenvalue weighted by Crippen LogP contribution is -2.11. The van der Waals surface area contributed by atoms with Crippen LogP contribution in [0.15, 0.2) is 97.1 Å². The number of Topliss-reactive ketones (excluding diaryl/α,β-unsaturated/α-hetero) is 2. The molecular weight excluding hydrogens is 472 g/mol. The highest BCUT2D eigenvalue weighted by molar-refractivity contribution is 6.13. The molecule has 0 aliphatic heterocycles. The van der Waals surface area contributed by atoms with Crippen molar-refractivity contribution in [1.82, 2.24) is 0 Å². The molecule has 37 heavy (non-hydrogen) atoms. The van der Waals surface area contributed by atoms with Crippen LogP contribution in [0.25, 0.3) is 0 Å². The van der Waals surface area contributed by atoms with E-state index < -0.39 is 11.9 Å². The monoisotopic (exact) mass is 494 g/mol. The van der Waals surface area contributed by atoms with Crippen LogP contribution in [0.5, 0.6) is 11.5 Å². The third kappa shape index (κ3) is 6.46. The van der Waals surface area contributed by atoms with Gasteiger partial charge in [0, 0.05) is 22.5 Å². The Balaban J connectivity index is 1.32. The Morgan fingerprint density at radius 3 is 1.08 bits per heavy atom. The highest BCUT2D eigenvalue weighted by Crippen LogP contribution is 2.19. The minimum Gasteiger partial charge on any atom is -0.423 e. The lowest BCUT2D eigenvalue weighted by atomic mass is 10.0. The van der Waals surface area contributed by atoms with Gasteiger partial charge < -0.3 is 20.9 Å². The van der Waals surface area contributed by atoms with E-state index in [1.807, 2.05) is 0 Å². The number of hydrogen-bond acceptors (Lipinski definition) is 8. The number of benzene rings is 4. The molecule has 0 saturated carbocycles. The summed E-state index contributed by atoms with van der Waals surface area (Å²) in [6.07, 6.45) is -0.352. The highest BCUT2D eigenvalue weighted by atomic mass is 16.5. The van der Waals surface area contributed by atoms with Gasteiger partial charge in [-0.05, 0) is 97.1 Å². The average molecular weight is 495 g/mol. The normalized spacial score (nSPS) is 10.4. The molecule has 0 spiro atoms. The zero-order valence-corrected chi connectivity index (χ0v) is 19.5. The SMILES string of the molecule is Nc1ccc(C(=O)Oc2ccc(C(=O)CC(=O)c3ccc(OC(=O)c4ccc(N)cc4)cc3)cc2)cc1. The first-order valence-corrected chi connectivity index (χ1v) is 11.2. The molecule has 184 valence electrons. The zero-order valence-electron chi connectivity index (χ0n) is 19.5. The second kappa shape index (κ2) is 11.0. The van der Waals surface area contributed by atoms with Crippen molar-refractivity contribution in [3.63, 3.8) is 0 Å². The molecule has 0 aromatic heterocycles. The maximum atomic E-state index is 12.6. The molecule has 4 rings (SSSR count). The van der Waals surface area contributed by atoms with Crippen molar-refractivity contribution in [3.8, 4) is 11.5 Å². The Hall–Kier alpha value is -5.24. The Bertz CT molecular complexity index is 1330. The lowest BCUT2D eigenvalue weighted by Gasteiger charge is -2.07. The molecule has 8 heteroatoms. The Morgan fingerprint density at radius 2 is 0.757 bits per heavy atom. The first-order valence-electron chi connectivity index (χ1n) is 11.2. The zero-order chi connectivity index (χ0) is 26.4. The second-order valence-electron chi connectivity index (χ2n) is 8.09. The molecule has 0 unspecified atom stereocenters. The number of esters is 2. The molecule has 0 saturated heterocycles. The molecule has 4 aromatic rings. The quantitative estimate of drug-likeness (QED) is 0.118. The van der Waals surface area contributed by atoms with E-state index >= 15 is 0 Å². The van der Waals surface area contributed by atoms with E-state index in [1.54, 1.807) is 48.5 Å². The Labute approximate surface area is 212 Å². The van der Waals surface area contributed by atoms with Crippen LogP contribution in [0, 0.1) is 0 Å². The van der Waals surface area contributed by atoms with Crippen LogP contribution >= 0.6 is 0 Å². The summed E-state index contributed by atoms with van der Waals surface area (Å²) >= 11 is 0. The molecule has 8 nitrogen and oxygen atoms in total. The van der Waals surface area contributed by atoms with Crippen LogP contribution in [-0.4, -0.2) is 23.5 Å². The standard InChI is InChI=1S/C29H22N2O6/c30-22-9-1-20(2-10-22)28(34)36-24-13-5-18(6-14-24)26(32)17-27(33)19-7-15-25(16-8-19)37-29(35)21-3-11-23(31)12-4-21/h1-16H,17,30-31H2. The smallest absolute Gasteiger partial charge is 0.343 e. The summed E-state index contributed by atoms with van der Waals surface area (Å²) in [6.45, 7) is 0. The molecule has 0 aliphatic rings. The van der Waals surface area contributed by atoms with Crippen LogP contribution < -0.4 is 20.9 Å². The third-order valence-corrected chi connectivity index (χ3v) is 5.39. The molecule has 0 fully saturated rings. The van der Waals surface area contributed by atoms with E-state index in [4.69, 9.17) is 20.9 Å². The van der Waals surface area contributed by atoms with E-state index in [9.17, 15) is 19.2 Å². The van der Waals surface area contributed by atoms with Crippen LogP contribution in [-0.2, 0) is 0 Å². The van der Waals surface area contributed by atoms with Gasteiger partial charge in [0.1, 0.15) is 11.5 Å². The highest BCUT2D eigenvalue weighted by Gasteiger charge is 2.16. The molecule has 0 aliphatic carbocycles. The third-order valence-electron chi connectivity index (χ3n) is 5.39. The van der Waals surface area contributed by atoms with Gasteiger partial charge >= 0.3 is 11.9 Å². The molecule has 4 aromatic carbocycles. The number of carbonyl (C=O) groups is 4. The van der Waals surface area contributed by atoms with Crippen molar-refractivity contribution < 1.29 is 28.7 Å². The maximum absolute atomic E-state index is 12.6. The van der Waals surface area contributed by atoms with Gasteiger partial charge in [-0.2, -0.15) is 0 Å². The molecule has 0 bridgehead atoms. The van der Waals surface area contributed by atoms with Gasteiger partial charge in [-0.15, -0.1) is 0 Å². The summed E-state index contributed by atoms with van der Waals surface area (Å²) in [5.41, 5.74) is 13.6. The molecular formula is C29H22N2O6. The lowest BCUT2D eigenvalue weighted by molar-refractivity contribution is 0.0725. The molecule has 0 radical (unpaired) electrons. The average Bonchev–Trinajstić information content (AvgIpc) is 2.90. The van der Waals surface area contributed by atoms with Gasteiger partial charge in [0.25, 0.3) is 0 Å². The predicted molar refractivity (Wildman–Crippen MR) is 138 cm³/mol. The van der Waals surface area contributed by atoms with Gasteiger partial charge in [-0.25, -0.2) is 9.59 Å². The number of rotatable bonds is 8. The minimum absolute atomic E-state index is 0.258. The van der Waals surface area contributed by atoms with Crippen LogP contribution in [0.4, 0.5) is 11.4 Å². The fourth-order valence-electron chi connectivity index (χ4n) is 3.34. The van der Waals surface area contributed by atoms with Crippen LogP contribution in [0.1, 0.15) is 47.9 Å². The van der Waals surface area contributed by atoms with Crippen LogP contribution in [0.2, 0.25) is 0 Å². The Kier molecular flexibility index (Phi) is 7.40. The van der Waals surface area contributed by atoms with Crippen molar-refractivity contribution in [3.05, 3.63) is 119 Å². The van der Waals surface area contributed by atoms with E-state index in [1.165, 1.54) is 48.5 Å². The summed E-state index contributed by atoms with van der Waals surface area (Å²) in [5, 5.41) is 0. The van der Waals surface area contributed by atoms with Crippen molar-refractivity contribution >= 4 is 34.9 Å². The summed E-state index contributed by atoms with van der Waals surface area (Å²) < 4.78 is 10.6. The number of nitrogen functional groups attached to an aromatic ring is 2. The van der Waals surface area contributed by atoms with Crippen molar-refractivity contribution in [2.75, 3.05) is 11.5 Å². The number of ether oxygens (including phenoxy) is 2. The number of ketones is 2. The summed E-state index contributed by atoms with van der Waals surface area (Å²) in [5.74, 6) is -1.38. The number of hydrogen-bond donors (Lipinski definition) is 2. The number of nitrogens with two attached hydrogens (primary N) is 2.